The molecule has 108 valence electrons. The predicted molar refractivity (Wildman–Crippen MR) is 81.9 cm³/mol. The second-order valence-corrected chi connectivity index (χ2v) is 7.12. The van der Waals surface area contributed by atoms with Gasteiger partial charge in [-0.1, -0.05) is 42.5 Å². The summed E-state index contributed by atoms with van der Waals surface area (Å²) in [5.41, 5.74) is -1.06. The predicted octanol–water partition coefficient (Wildman–Crippen LogP) is 0.108. The van der Waals surface area contributed by atoms with E-state index in [0.717, 1.165) is 32.5 Å². The Kier molecular flexibility index (Phi) is 5.45. The van der Waals surface area contributed by atoms with Crippen LogP contribution in [0.2, 0.25) is 0 Å². The Labute approximate surface area is 154 Å². The van der Waals surface area contributed by atoms with Crippen LogP contribution in [0.4, 0.5) is 0 Å². The molecule has 3 rings (SSSR count). The standard InChI is InChI=1S/C15H12O4S2.Na/c16-15(21(17,18)19)14-9-8-13(20-14)12-7-3-5-10-4-1-2-6-11(10)12;/h1-9,15-16H,(H,17,18,19);/q;+1/p-1. The molecule has 0 aliphatic rings. The molecule has 1 N–H and O–H groups in total. The normalized spacial score (nSPS) is 12.8. The summed E-state index contributed by atoms with van der Waals surface area (Å²) in [6.07, 6.45) is 0. The molecule has 7 heteroatoms. The Hall–Kier alpha value is -0.730. The van der Waals surface area contributed by atoms with Crippen molar-refractivity contribution in [3.63, 3.8) is 0 Å². The van der Waals surface area contributed by atoms with E-state index in [1.165, 1.54) is 6.07 Å². The van der Waals surface area contributed by atoms with Gasteiger partial charge in [-0.2, -0.15) is 0 Å². The maximum Gasteiger partial charge on any atom is 1.00 e. The molecule has 0 amide bonds. The maximum absolute atomic E-state index is 10.9. The Morgan fingerprint density at radius 2 is 1.68 bits per heavy atom. The molecule has 0 spiro atoms. The molecule has 0 radical (unpaired) electrons. The van der Waals surface area contributed by atoms with E-state index in [1.807, 2.05) is 42.5 Å². The summed E-state index contributed by atoms with van der Waals surface area (Å²) < 4.78 is 32.7. The molecule has 2 aromatic carbocycles. The van der Waals surface area contributed by atoms with Crippen LogP contribution in [0, 0.1) is 0 Å². The number of rotatable bonds is 3. The number of thiophene rings is 1. The Balaban J connectivity index is 0.00000176. The van der Waals surface area contributed by atoms with Crippen LogP contribution in [-0.2, 0) is 10.1 Å². The average Bonchev–Trinajstić information content (AvgIpc) is 2.94. The van der Waals surface area contributed by atoms with E-state index in [2.05, 4.69) is 0 Å². The molecule has 1 atom stereocenters. The van der Waals surface area contributed by atoms with Crippen LogP contribution >= 0.6 is 11.3 Å². The number of aliphatic hydroxyl groups is 1. The largest absolute Gasteiger partial charge is 1.00 e. The molecule has 0 aliphatic carbocycles. The maximum atomic E-state index is 10.9. The first-order chi connectivity index (χ1) is 9.97. The van der Waals surface area contributed by atoms with Crippen molar-refractivity contribution in [3.8, 4) is 10.4 Å². The van der Waals surface area contributed by atoms with Crippen molar-refractivity contribution in [1.82, 2.24) is 0 Å². The molecule has 1 unspecified atom stereocenters. The van der Waals surface area contributed by atoms with Crippen LogP contribution in [0.1, 0.15) is 10.3 Å². The third kappa shape index (κ3) is 3.44. The minimum Gasteiger partial charge on any atom is -0.746 e. The minimum absolute atomic E-state index is 0. The second-order valence-electron chi connectivity index (χ2n) is 4.57. The molecule has 0 fully saturated rings. The number of fused-ring (bicyclic) bond motifs is 1. The summed E-state index contributed by atoms with van der Waals surface area (Å²) >= 11 is 1.11. The Bertz CT molecular complexity index is 897. The van der Waals surface area contributed by atoms with Gasteiger partial charge in [0.2, 0.25) is 0 Å². The molecule has 0 saturated heterocycles. The Morgan fingerprint density at radius 3 is 2.41 bits per heavy atom. The summed E-state index contributed by atoms with van der Waals surface area (Å²) in [6, 6.07) is 16.9. The van der Waals surface area contributed by atoms with Gasteiger partial charge >= 0.3 is 29.6 Å². The molecule has 1 heterocycles. The fourth-order valence-electron chi connectivity index (χ4n) is 2.21. The van der Waals surface area contributed by atoms with Gasteiger partial charge in [0, 0.05) is 9.75 Å². The van der Waals surface area contributed by atoms with Crippen molar-refractivity contribution >= 4 is 32.2 Å². The molecule has 3 aromatic rings. The van der Waals surface area contributed by atoms with Crippen LogP contribution in [-0.4, -0.2) is 18.1 Å². The van der Waals surface area contributed by atoms with Crippen molar-refractivity contribution in [2.75, 3.05) is 0 Å². The SMILES string of the molecule is O=S(=O)([O-])C(O)c1ccc(-c2cccc3ccccc23)s1.[Na+]. The molecule has 0 bridgehead atoms. The third-order valence-electron chi connectivity index (χ3n) is 3.20. The number of aliphatic hydroxyl groups excluding tert-OH is 1. The van der Waals surface area contributed by atoms with Crippen LogP contribution in [0.25, 0.3) is 21.2 Å². The zero-order valence-corrected chi connectivity index (χ0v) is 15.4. The van der Waals surface area contributed by atoms with E-state index in [4.69, 9.17) is 0 Å². The van der Waals surface area contributed by atoms with Crippen molar-refractivity contribution in [3.05, 3.63) is 59.5 Å². The summed E-state index contributed by atoms with van der Waals surface area (Å²) in [7, 11) is -4.75. The van der Waals surface area contributed by atoms with Crippen LogP contribution in [0.15, 0.2) is 54.6 Å². The van der Waals surface area contributed by atoms with Gasteiger partial charge in [-0.3, -0.25) is 0 Å². The van der Waals surface area contributed by atoms with Gasteiger partial charge in [-0.15, -0.1) is 11.3 Å². The smallest absolute Gasteiger partial charge is 0.746 e. The summed E-state index contributed by atoms with van der Waals surface area (Å²) in [6.45, 7) is 0. The summed E-state index contributed by atoms with van der Waals surface area (Å²) in [4.78, 5) is 0.942. The first kappa shape index (κ1) is 17.6. The fraction of sp³-hybridized carbons (Fsp3) is 0.0667. The number of benzene rings is 2. The van der Waals surface area contributed by atoms with Crippen molar-refractivity contribution in [2.45, 2.75) is 5.44 Å². The van der Waals surface area contributed by atoms with Crippen LogP contribution < -0.4 is 29.6 Å². The Morgan fingerprint density at radius 1 is 1.00 bits per heavy atom. The van der Waals surface area contributed by atoms with Gasteiger partial charge in [-0.25, -0.2) is 8.42 Å². The third-order valence-corrected chi connectivity index (χ3v) is 5.32. The van der Waals surface area contributed by atoms with Crippen molar-refractivity contribution in [2.24, 2.45) is 0 Å². The summed E-state index contributed by atoms with van der Waals surface area (Å²) in [5, 5.41) is 11.6. The van der Waals surface area contributed by atoms with Gasteiger partial charge in [0.1, 0.15) is 10.1 Å². The van der Waals surface area contributed by atoms with Gasteiger partial charge in [0.25, 0.3) is 0 Å². The van der Waals surface area contributed by atoms with Crippen LogP contribution in [0.3, 0.4) is 0 Å². The van der Waals surface area contributed by atoms with Gasteiger partial charge < -0.3 is 9.66 Å². The first-order valence-electron chi connectivity index (χ1n) is 6.17. The number of hydrogen-bond donors (Lipinski definition) is 1. The van der Waals surface area contributed by atoms with Gasteiger partial charge in [0.05, 0.1) is 0 Å². The van der Waals surface area contributed by atoms with Crippen molar-refractivity contribution < 1.29 is 47.6 Å². The van der Waals surface area contributed by atoms with E-state index in [9.17, 15) is 18.1 Å². The molecular formula is C15H11NaO4S2. The zero-order valence-electron chi connectivity index (χ0n) is 11.8. The van der Waals surface area contributed by atoms with E-state index < -0.39 is 15.6 Å². The molecule has 0 saturated carbocycles. The van der Waals surface area contributed by atoms with Crippen molar-refractivity contribution in [1.29, 1.82) is 0 Å². The average molecular weight is 342 g/mol. The molecule has 22 heavy (non-hydrogen) atoms. The van der Waals surface area contributed by atoms with Crippen LogP contribution in [0.5, 0.6) is 0 Å². The van der Waals surface area contributed by atoms with Gasteiger partial charge in [-0.05, 0) is 28.5 Å². The first-order valence-corrected chi connectivity index (χ1v) is 8.46. The van der Waals surface area contributed by atoms with E-state index in [1.54, 1.807) is 6.07 Å². The molecule has 0 aliphatic heterocycles. The minimum atomic E-state index is -4.75. The molecule has 4 nitrogen and oxygen atoms in total. The monoisotopic (exact) mass is 342 g/mol. The zero-order chi connectivity index (χ0) is 15.0. The quantitative estimate of drug-likeness (QED) is 0.541. The molecular weight excluding hydrogens is 331 g/mol. The van der Waals surface area contributed by atoms with E-state index in [-0.39, 0.29) is 34.4 Å². The molecule has 1 aromatic heterocycles. The van der Waals surface area contributed by atoms with Gasteiger partial charge in [0.15, 0.2) is 5.44 Å². The number of hydrogen-bond acceptors (Lipinski definition) is 5. The fourth-order valence-corrected chi connectivity index (χ4v) is 3.99. The summed E-state index contributed by atoms with van der Waals surface area (Å²) in [5.74, 6) is 0. The second kappa shape index (κ2) is 6.80. The topological polar surface area (TPSA) is 77.4 Å². The van der Waals surface area contributed by atoms with E-state index >= 15 is 0 Å². The van der Waals surface area contributed by atoms with E-state index in [0.29, 0.717) is 0 Å².